The van der Waals surface area contributed by atoms with Crippen molar-refractivity contribution < 1.29 is 9.90 Å². The normalized spacial score (nSPS) is 16.8. The van der Waals surface area contributed by atoms with Crippen molar-refractivity contribution in [2.45, 2.75) is 32.2 Å². The van der Waals surface area contributed by atoms with Gasteiger partial charge in [-0.15, -0.1) is 0 Å². The molecule has 1 unspecified atom stereocenters. The zero-order chi connectivity index (χ0) is 11.5. The van der Waals surface area contributed by atoms with Gasteiger partial charge >= 0.3 is 0 Å². The smallest absolute Gasteiger partial charge is 0.255 e. The molecule has 0 spiro atoms. The second kappa shape index (κ2) is 4.56. The van der Waals surface area contributed by atoms with Crippen LogP contribution < -0.4 is 5.32 Å². The maximum Gasteiger partial charge on any atom is 0.255 e. The molecule has 86 valence electrons. The summed E-state index contributed by atoms with van der Waals surface area (Å²) in [7, 11) is 0. The Bertz CT molecular complexity index is 385. The van der Waals surface area contributed by atoms with Crippen LogP contribution in [0.25, 0.3) is 0 Å². The van der Waals surface area contributed by atoms with E-state index in [0.29, 0.717) is 5.56 Å². The van der Waals surface area contributed by atoms with Gasteiger partial charge in [0.1, 0.15) is 5.75 Å². The first kappa shape index (κ1) is 11.0. The van der Waals surface area contributed by atoms with Gasteiger partial charge in [0.2, 0.25) is 0 Å². The van der Waals surface area contributed by atoms with E-state index in [1.165, 1.54) is 18.9 Å². The fourth-order valence-electron chi connectivity index (χ4n) is 1.88. The molecule has 0 heterocycles. The molecule has 1 aromatic rings. The molecule has 3 nitrogen and oxygen atoms in total. The van der Waals surface area contributed by atoms with Crippen LogP contribution in [0.5, 0.6) is 5.75 Å². The van der Waals surface area contributed by atoms with E-state index < -0.39 is 0 Å². The standard InChI is InChI=1S/C13H17NO2/c1-9(8-10-6-7-10)14-13(16)11-4-2-3-5-12(11)15/h2-5,9-10,15H,6-8H2,1H3,(H,14,16). The minimum atomic E-state index is -0.189. The molecule has 1 fully saturated rings. The number of hydrogen-bond acceptors (Lipinski definition) is 2. The van der Waals surface area contributed by atoms with Crippen molar-refractivity contribution in [2.75, 3.05) is 0 Å². The number of phenolic OH excluding ortho intramolecular Hbond substituents is 1. The number of phenols is 1. The van der Waals surface area contributed by atoms with E-state index >= 15 is 0 Å². The molecule has 2 N–H and O–H groups in total. The van der Waals surface area contributed by atoms with Gasteiger partial charge in [-0.25, -0.2) is 0 Å². The lowest BCUT2D eigenvalue weighted by atomic mass is 10.1. The summed E-state index contributed by atoms with van der Waals surface area (Å²) in [5.74, 6) is 0.643. The average Bonchev–Trinajstić information content (AvgIpc) is 3.01. The van der Waals surface area contributed by atoms with Crippen molar-refractivity contribution in [3.8, 4) is 5.75 Å². The first-order valence-electron chi connectivity index (χ1n) is 5.75. The highest BCUT2D eigenvalue weighted by Gasteiger charge is 2.24. The van der Waals surface area contributed by atoms with Crippen LogP contribution in [0.3, 0.4) is 0 Å². The van der Waals surface area contributed by atoms with Crippen LogP contribution in [-0.4, -0.2) is 17.1 Å². The van der Waals surface area contributed by atoms with Crippen LogP contribution in [0.1, 0.15) is 36.5 Å². The van der Waals surface area contributed by atoms with Crippen molar-refractivity contribution in [2.24, 2.45) is 5.92 Å². The average molecular weight is 219 g/mol. The topological polar surface area (TPSA) is 49.3 Å². The lowest BCUT2D eigenvalue weighted by Crippen LogP contribution is -2.32. The second-order valence-corrected chi connectivity index (χ2v) is 4.57. The predicted molar refractivity (Wildman–Crippen MR) is 62.4 cm³/mol. The van der Waals surface area contributed by atoms with E-state index in [1.54, 1.807) is 18.2 Å². The molecule has 0 aliphatic heterocycles. The van der Waals surface area contributed by atoms with Crippen LogP contribution in [0.2, 0.25) is 0 Å². The monoisotopic (exact) mass is 219 g/mol. The van der Waals surface area contributed by atoms with Gasteiger partial charge in [-0.05, 0) is 31.4 Å². The third-order valence-corrected chi connectivity index (χ3v) is 2.91. The van der Waals surface area contributed by atoms with Crippen LogP contribution >= 0.6 is 0 Å². The van der Waals surface area contributed by atoms with E-state index in [9.17, 15) is 9.90 Å². The minimum Gasteiger partial charge on any atom is -0.507 e. The van der Waals surface area contributed by atoms with Crippen LogP contribution in [0, 0.1) is 5.92 Å². The fraction of sp³-hybridized carbons (Fsp3) is 0.462. The lowest BCUT2D eigenvalue weighted by Gasteiger charge is -2.13. The van der Waals surface area contributed by atoms with Crippen LogP contribution in [-0.2, 0) is 0 Å². The maximum absolute atomic E-state index is 11.8. The third-order valence-electron chi connectivity index (χ3n) is 2.91. The van der Waals surface area contributed by atoms with Gasteiger partial charge in [-0.2, -0.15) is 0 Å². The predicted octanol–water partition coefficient (Wildman–Crippen LogP) is 2.31. The summed E-state index contributed by atoms with van der Waals surface area (Å²) in [4.78, 5) is 11.8. The summed E-state index contributed by atoms with van der Waals surface area (Å²) in [5.41, 5.74) is 0.352. The molecular formula is C13H17NO2. The summed E-state index contributed by atoms with van der Waals surface area (Å²) in [6.07, 6.45) is 3.62. The summed E-state index contributed by atoms with van der Waals surface area (Å²) >= 11 is 0. The molecule has 1 aliphatic rings. The van der Waals surface area contributed by atoms with Crippen molar-refractivity contribution in [3.05, 3.63) is 29.8 Å². The Hall–Kier alpha value is -1.51. The first-order valence-corrected chi connectivity index (χ1v) is 5.75. The van der Waals surface area contributed by atoms with E-state index in [0.717, 1.165) is 12.3 Å². The highest BCUT2D eigenvalue weighted by molar-refractivity contribution is 5.96. The highest BCUT2D eigenvalue weighted by Crippen LogP contribution is 2.33. The molecule has 1 amide bonds. The largest absolute Gasteiger partial charge is 0.507 e. The van der Waals surface area contributed by atoms with Gasteiger partial charge in [0, 0.05) is 6.04 Å². The summed E-state index contributed by atoms with van der Waals surface area (Å²) in [5, 5.41) is 12.4. The van der Waals surface area contributed by atoms with Gasteiger partial charge in [0.15, 0.2) is 0 Å². The quantitative estimate of drug-likeness (QED) is 0.816. The summed E-state index contributed by atoms with van der Waals surface area (Å²) in [6, 6.07) is 6.80. The Morgan fingerprint density at radius 1 is 1.50 bits per heavy atom. The van der Waals surface area contributed by atoms with Gasteiger partial charge in [0.05, 0.1) is 5.56 Å². The summed E-state index contributed by atoms with van der Waals surface area (Å²) in [6.45, 7) is 2.01. The Morgan fingerprint density at radius 2 is 2.19 bits per heavy atom. The molecule has 0 aromatic heterocycles. The SMILES string of the molecule is CC(CC1CC1)NC(=O)c1ccccc1O. The number of carbonyl (C=O) groups excluding carboxylic acids is 1. The van der Waals surface area contributed by atoms with Gasteiger partial charge in [0.25, 0.3) is 5.91 Å². The molecule has 0 bridgehead atoms. The number of nitrogens with one attached hydrogen (secondary N) is 1. The van der Waals surface area contributed by atoms with Gasteiger partial charge in [-0.1, -0.05) is 25.0 Å². The van der Waals surface area contributed by atoms with Crippen molar-refractivity contribution in [1.29, 1.82) is 0 Å². The highest BCUT2D eigenvalue weighted by atomic mass is 16.3. The number of para-hydroxylation sites is 1. The molecule has 2 rings (SSSR count). The number of aromatic hydroxyl groups is 1. The number of benzene rings is 1. The zero-order valence-electron chi connectivity index (χ0n) is 9.44. The maximum atomic E-state index is 11.8. The fourth-order valence-corrected chi connectivity index (χ4v) is 1.88. The lowest BCUT2D eigenvalue weighted by molar-refractivity contribution is 0.0935. The minimum absolute atomic E-state index is 0.0404. The first-order chi connectivity index (χ1) is 7.66. The van der Waals surface area contributed by atoms with E-state index in [1.807, 2.05) is 6.92 Å². The number of hydrogen-bond donors (Lipinski definition) is 2. The molecule has 0 radical (unpaired) electrons. The van der Waals surface area contributed by atoms with E-state index in [4.69, 9.17) is 0 Å². The molecule has 1 saturated carbocycles. The zero-order valence-corrected chi connectivity index (χ0v) is 9.44. The third kappa shape index (κ3) is 2.75. The number of amides is 1. The molecule has 16 heavy (non-hydrogen) atoms. The van der Waals surface area contributed by atoms with Gasteiger partial charge < -0.3 is 10.4 Å². The number of carbonyl (C=O) groups is 1. The molecular weight excluding hydrogens is 202 g/mol. The van der Waals surface area contributed by atoms with E-state index in [2.05, 4.69) is 5.32 Å². The van der Waals surface area contributed by atoms with Gasteiger partial charge in [-0.3, -0.25) is 4.79 Å². The van der Waals surface area contributed by atoms with Crippen LogP contribution in [0.15, 0.2) is 24.3 Å². The molecule has 1 aromatic carbocycles. The molecule has 1 aliphatic carbocycles. The Labute approximate surface area is 95.5 Å². The Balaban J connectivity index is 1.94. The van der Waals surface area contributed by atoms with Crippen molar-refractivity contribution in [3.63, 3.8) is 0 Å². The van der Waals surface area contributed by atoms with Crippen molar-refractivity contribution >= 4 is 5.91 Å². The summed E-state index contributed by atoms with van der Waals surface area (Å²) < 4.78 is 0. The number of rotatable bonds is 4. The molecule has 3 heteroatoms. The molecule has 0 saturated heterocycles. The molecule has 1 atom stereocenters. The second-order valence-electron chi connectivity index (χ2n) is 4.57. The van der Waals surface area contributed by atoms with Crippen LogP contribution in [0.4, 0.5) is 0 Å². The van der Waals surface area contributed by atoms with E-state index in [-0.39, 0.29) is 17.7 Å². The Morgan fingerprint density at radius 3 is 2.81 bits per heavy atom. The Kier molecular flexibility index (Phi) is 3.13. The van der Waals surface area contributed by atoms with Crippen molar-refractivity contribution in [1.82, 2.24) is 5.32 Å².